The zero-order valence-corrected chi connectivity index (χ0v) is 30.6. The molecule has 258 valence electrons. The van der Waals surface area contributed by atoms with Gasteiger partial charge in [0.1, 0.15) is 11.2 Å². The molecule has 2 nitrogen and oxygen atoms in total. The van der Waals surface area contributed by atoms with Gasteiger partial charge in [-0.1, -0.05) is 135 Å². The Labute approximate surface area is 318 Å². The maximum atomic E-state index is 6.37. The molecule has 0 unspecified atom stereocenters. The SMILES string of the molecule is CC1(C)c2cc(-n3c4ccc(-c5ccccc5)cc4c4cc(-c5ccc6c(ccc7ccccc76)c5)ccc43)ccc2-c2ccc3oc4ccccc4c3c21. The summed E-state index contributed by atoms with van der Waals surface area (Å²) in [5, 5.41) is 10.0. The van der Waals surface area contributed by atoms with Gasteiger partial charge in [-0.3, -0.25) is 0 Å². The number of hydrogen-bond acceptors (Lipinski definition) is 1. The number of fused-ring (bicyclic) bond motifs is 13. The number of rotatable bonds is 3. The third-order valence-electron chi connectivity index (χ3n) is 12.3. The molecule has 1 aliphatic carbocycles. The molecule has 9 aromatic carbocycles. The van der Waals surface area contributed by atoms with E-state index >= 15 is 0 Å². The maximum Gasteiger partial charge on any atom is 0.135 e. The third kappa shape index (κ3) is 4.31. The van der Waals surface area contributed by atoms with E-state index in [1.807, 2.05) is 0 Å². The molecule has 2 heterocycles. The molecule has 0 saturated carbocycles. The van der Waals surface area contributed by atoms with Crippen molar-refractivity contribution in [3.05, 3.63) is 187 Å². The van der Waals surface area contributed by atoms with Crippen LogP contribution in [0.15, 0.2) is 180 Å². The van der Waals surface area contributed by atoms with E-state index in [1.54, 1.807) is 0 Å². The molecule has 0 radical (unpaired) electrons. The van der Waals surface area contributed by atoms with Gasteiger partial charge in [-0.05, 0) is 121 Å². The van der Waals surface area contributed by atoms with Crippen LogP contribution in [0.25, 0.3) is 104 Å². The van der Waals surface area contributed by atoms with E-state index in [2.05, 4.69) is 194 Å². The number of aromatic nitrogens is 1. The lowest BCUT2D eigenvalue weighted by Gasteiger charge is -2.23. The first kappa shape index (κ1) is 30.6. The lowest BCUT2D eigenvalue weighted by Crippen LogP contribution is -2.15. The average Bonchev–Trinajstić information content (AvgIpc) is 3.85. The molecule has 0 saturated heterocycles. The number of para-hydroxylation sites is 1. The fraction of sp³-hybridized carbons (Fsp3) is 0.0566. The van der Waals surface area contributed by atoms with Gasteiger partial charge in [-0.25, -0.2) is 0 Å². The molecule has 0 amide bonds. The predicted molar refractivity (Wildman–Crippen MR) is 232 cm³/mol. The van der Waals surface area contributed by atoms with Crippen molar-refractivity contribution < 1.29 is 4.42 Å². The highest BCUT2D eigenvalue weighted by atomic mass is 16.3. The number of nitrogens with zero attached hydrogens (tertiary/aromatic N) is 1. The van der Waals surface area contributed by atoms with Crippen LogP contribution >= 0.6 is 0 Å². The summed E-state index contributed by atoms with van der Waals surface area (Å²) in [4.78, 5) is 0. The Morgan fingerprint density at radius 3 is 1.87 bits per heavy atom. The van der Waals surface area contributed by atoms with Crippen molar-refractivity contribution in [2.75, 3.05) is 0 Å². The van der Waals surface area contributed by atoms with Gasteiger partial charge in [0.2, 0.25) is 0 Å². The molecule has 11 aromatic rings. The van der Waals surface area contributed by atoms with Gasteiger partial charge in [0.25, 0.3) is 0 Å². The number of hydrogen-bond donors (Lipinski definition) is 0. The Morgan fingerprint density at radius 1 is 0.418 bits per heavy atom. The normalized spacial score (nSPS) is 13.4. The fourth-order valence-electron chi connectivity index (χ4n) is 9.73. The molecule has 1 aliphatic rings. The van der Waals surface area contributed by atoms with Crippen molar-refractivity contribution in [1.29, 1.82) is 0 Å². The highest BCUT2D eigenvalue weighted by molar-refractivity contribution is 6.14. The molecule has 0 bridgehead atoms. The standard InChI is InChI=1S/C53H35NO/c1-53(2)46-31-38(21-23-41(46)42-24-27-50-51(52(42)53)43-14-8-9-15-49(43)55-50)54-47-25-19-35(32-10-4-3-5-11-32)29-44(47)45-30-36(20-26-48(45)54)34-18-22-40-37(28-34)17-16-33-12-6-7-13-39(33)40/h3-31H,1-2H3. The maximum absolute atomic E-state index is 6.37. The van der Waals surface area contributed by atoms with Gasteiger partial charge in [-0.2, -0.15) is 0 Å². The third-order valence-corrected chi connectivity index (χ3v) is 12.3. The molecule has 0 fully saturated rings. The van der Waals surface area contributed by atoms with E-state index in [0.29, 0.717) is 0 Å². The van der Waals surface area contributed by atoms with Crippen LogP contribution < -0.4 is 0 Å². The first-order valence-corrected chi connectivity index (χ1v) is 19.2. The lowest BCUT2D eigenvalue weighted by atomic mass is 9.80. The summed E-state index contributed by atoms with van der Waals surface area (Å²) in [6.07, 6.45) is 0. The molecular weight excluding hydrogens is 667 g/mol. The highest BCUT2D eigenvalue weighted by Crippen LogP contribution is 2.53. The summed E-state index contributed by atoms with van der Waals surface area (Å²) in [5.74, 6) is 0. The zero-order valence-electron chi connectivity index (χ0n) is 30.6. The van der Waals surface area contributed by atoms with Crippen molar-refractivity contribution in [1.82, 2.24) is 4.57 Å². The monoisotopic (exact) mass is 701 g/mol. The van der Waals surface area contributed by atoms with Crippen molar-refractivity contribution in [2.24, 2.45) is 0 Å². The zero-order chi connectivity index (χ0) is 36.4. The summed E-state index contributed by atoms with van der Waals surface area (Å²) < 4.78 is 8.84. The molecule has 2 aromatic heterocycles. The predicted octanol–water partition coefficient (Wildman–Crippen LogP) is 14.6. The molecule has 0 N–H and O–H groups in total. The Hall–Kier alpha value is -6.90. The van der Waals surface area contributed by atoms with Gasteiger partial charge in [0.05, 0.1) is 11.0 Å². The van der Waals surface area contributed by atoms with Crippen molar-refractivity contribution in [3.63, 3.8) is 0 Å². The first-order valence-electron chi connectivity index (χ1n) is 19.2. The summed E-state index contributed by atoms with van der Waals surface area (Å²) >= 11 is 0. The highest BCUT2D eigenvalue weighted by Gasteiger charge is 2.38. The molecule has 0 atom stereocenters. The van der Waals surface area contributed by atoms with Gasteiger partial charge >= 0.3 is 0 Å². The van der Waals surface area contributed by atoms with E-state index in [-0.39, 0.29) is 5.41 Å². The largest absolute Gasteiger partial charge is 0.456 e. The van der Waals surface area contributed by atoms with Crippen molar-refractivity contribution in [2.45, 2.75) is 19.3 Å². The van der Waals surface area contributed by atoms with Gasteiger partial charge in [0, 0.05) is 32.6 Å². The summed E-state index contributed by atoms with van der Waals surface area (Å²) in [7, 11) is 0. The Balaban J connectivity index is 1.06. The van der Waals surface area contributed by atoms with Crippen LogP contribution in [0.3, 0.4) is 0 Å². The van der Waals surface area contributed by atoms with Crippen molar-refractivity contribution >= 4 is 65.3 Å². The van der Waals surface area contributed by atoms with Gasteiger partial charge in [0.15, 0.2) is 0 Å². The second-order valence-electron chi connectivity index (χ2n) is 15.7. The summed E-state index contributed by atoms with van der Waals surface area (Å²) in [6.45, 7) is 4.75. The first-order chi connectivity index (χ1) is 27.0. The van der Waals surface area contributed by atoms with Gasteiger partial charge < -0.3 is 8.98 Å². The Morgan fingerprint density at radius 2 is 1.05 bits per heavy atom. The van der Waals surface area contributed by atoms with E-state index in [1.165, 1.54) is 104 Å². The number of furan rings is 1. The van der Waals surface area contributed by atoms with Crippen LogP contribution in [0, 0.1) is 0 Å². The van der Waals surface area contributed by atoms with Crippen LogP contribution in [-0.4, -0.2) is 4.57 Å². The second-order valence-corrected chi connectivity index (χ2v) is 15.7. The van der Waals surface area contributed by atoms with E-state index in [4.69, 9.17) is 4.42 Å². The minimum atomic E-state index is -0.222. The molecular formula is C53H35NO. The lowest BCUT2D eigenvalue weighted by molar-refractivity contribution is 0.656. The van der Waals surface area contributed by atoms with E-state index in [9.17, 15) is 0 Å². The van der Waals surface area contributed by atoms with Crippen LogP contribution in [0.1, 0.15) is 25.0 Å². The van der Waals surface area contributed by atoms with Crippen LogP contribution in [0.2, 0.25) is 0 Å². The minimum Gasteiger partial charge on any atom is -0.456 e. The molecule has 2 heteroatoms. The van der Waals surface area contributed by atoms with E-state index < -0.39 is 0 Å². The van der Waals surface area contributed by atoms with Gasteiger partial charge in [-0.15, -0.1) is 0 Å². The molecule has 12 rings (SSSR count). The fourth-order valence-corrected chi connectivity index (χ4v) is 9.73. The summed E-state index contributed by atoms with van der Waals surface area (Å²) in [6, 6.07) is 64.7. The van der Waals surface area contributed by atoms with Crippen LogP contribution in [0.4, 0.5) is 0 Å². The van der Waals surface area contributed by atoms with Crippen LogP contribution in [0.5, 0.6) is 0 Å². The van der Waals surface area contributed by atoms with E-state index in [0.717, 1.165) is 11.2 Å². The topological polar surface area (TPSA) is 18.1 Å². The minimum absolute atomic E-state index is 0.222. The smallest absolute Gasteiger partial charge is 0.135 e. The molecule has 0 aliphatic heterocycles. The second kappa shape index (κ2) is 11.1. The molecule has 0 spiro atoms. The Kier molecular flexibility index (Phi) is 6.15. The average molecular weight is 702 g/mol. The van der Waals surface area contributed by atoms with Crippen LogP contribution in [-0.2, 0) is 5.41 Å². The Bertz CT molecular complexity index is 3400. The van der Waals surface area contributed by atoms with Crippen molar-refractivity contribution in [3.8, 4) is 39.1 Å². The number of benzene rings is 9. The quantitative estimate of drug-likeness (QED) is 0.168. The summed E-state index contributed by atoms with van der Waals surface area (Å²) in [5.41, 5.74) is 15.4. The molecule has 55 heavy (non-hydrogen) atoms.